The van der Waals surface area contributed by atoms with Crippen LogP contribution in [0.3, 0.4) is 0 Å². The molecule has 0 spiro atoms. The van der Waals surface area contributed by atoms with E-state index in [0.717, 1.165) is 25.7 Å². The molecule has 0 bridgehead atoms. The highest BCUT2D eigenvalue weighted by molar-refractivity contribution is 7.86. The third kappa shape index (κ3) is 7.11. The van der Waals surface area contributed by atoms with Gasteiger partial charge < -0.3 is 0 Å². The Kier molecular flexibility index (Phi) is 10.6. The molecule has 1 unspecified atom stereocenters. The maximum atomic E-state index is 13.9. The standard InChI is InChI=1S/C18H26F4O4S2/c1-2-3-4-5-6-7-8-9-10-11-12-27(23)17-13(19)15(21)18(28(24,25)26)16(22)14(17)20/h2-12H2,1H3,(H,24,25,26). The second kappa shape index (κ2) is 11.9. The lowest BCUT2D eigenvalue weighted by Crippen LogP contribution is -2.14. The summed E-state index contributed by atoms with van der Waals surface area (Å²) >= 11 is 0. The fourth-order valence-corrected chi connectivity index (χ4v) is 4.72. The molecule has 0 fully saturated rings. The van der Waals surface area contributed by atoms with Gasteiger partial charge in [-0.15, -0.1) is 0 Å². The Morgan fingerprint density at radius 3 is 1.54 bits per heavy atom. The normalized spacial score (nSPS) is 13.1. The monoisotopic (exact) mass is 446 g/mol. The molecule has 1 aromatic rings. The van der Waals surface area contributed by atoms with Gasteiger partial charge in [0.2, 0.25) is 0 Å². The maximum Gasteiger partial charge on any atom is 0.300 e. The highest BCUT2D eigenvalue weighted by Crippen LogP contribution is 2.29. The highest BCUT2D eigenvalue weighted by Gasteiger charge is 2.34. The summed E-state index contributed by atoms with van der Waals surface area (Å²) < 4.78 is 97.9. The van der Waals surface area contributed by atoms with E-state index in [1.54, 1.807) is 0 Å². The smallest absolute Gasteiger partial charge is 0.282 e. The van der Waals surface area contributed by atoms with Gasteiger partial charge in [0.25, 0.3) is 0 Å². The molecule has 10 heteroatoms. The molecule has 0 aliphatic rings. The summed E-state index contributed by atoms with van der Waals surface area (Å²) in [6.07, 6.45) is 9.85. The predicted molar refractivity (Wildman–Crippen MR) is 99.2 cm³/mol. The van der Waals surface area contributed by atoms with Gasteiger partial charge >= 0.3 is 10.1 Å². The van der Waals surface area contributed by atoms with E-state index in [4.69, 9.17) is 4.55 Å². The average molecular weight is 447 g/mol. The Bertz CT molecular complexity index is 753. The minimum Gasteiger partial charge on any atom is -0.282 e. The van der Waals surface area contributed by atoms with Crippen LogP contribution < -0.4 is 0 Å². The fraction of sp³-hybridized carbons (Fsp3) is 0.667. The molecule has 0 saturated heterocycles. The van der Waals surface area contributed by atoms with E-state index in [1.165, 1.54) is 25.7 Å². The van der Waals surface area contributed by atoms with Crippen LogP contribution in [0.15, 0.2) is 9.79 Å². The first-order valence-electron chi connectivity index (χ1n) is 9.34. The van der Waals surface area contributed by atoms with E-state index in [2.05, 4.69) is 6.92 Å². The van der Waals surface area contributed by atoms with E-state index in [-0.39, 0.29) is 5.75 Å². The summed E-state index contributed by atoms with van der Waals surface area (Å²) in [7, 11) is -7.90. The third-order valence-electron chi connectivity index (χ3n) is 4.35. The Balaban J connectivity index is 2.58. The first kappa shape index (κ1) is 25.0. The van der Waals surface area contributed by atoms with Crippen LogP contribution in [0.1, 0.15) is 71.1 Å². The zero-order valence-electron chi connectivity index (χ0n) is 15.8. The third-order valence-corrected chi connectivity index (χ3v) is 6.70. The van der Waals surface area contributed by atoms with Gasteiger partial charge in [-0.2, -0.15) is 8.42 Å². The van der Waals surface area contributed by atoms with Crippen LogP contribution >= 0.6 is 0 Å². The van der Waals surface area contributed by atoms with Crippen molar-refractivity contribution in [1.29, 1.82) is 0 Å². The molecule has 0 amide bonds. The van der Waals surface area contributed by atoms with Crippen LogP contribution in [-0.2, 0) is 20.9 Å². The van der Waals surface area contributed by atoms with Gasteiger partial charge in [-0.25, -0.2) is 17.6 Å². The van der Waals surface area contributed by atoms with Crippen LogP contribution in [0.4, 0.5) is 17.6 Å². The highest BCUT2D eigenvalue weighted by atomic mass is 32.2. The van der Waals surface area contributed by atoms with E-state index in [9.17, 15) is 30.2 Å². The number of hydrogen-bond acceptors (Lipinski definition) is 3. The second-order valence-electron chi connectivity index (χ2n) is 6.62. The number of benzene rings is 1. The molecule has 1 aromatic carbocycles. The van der Waals surface area contributed by atoms with Crippen LogP contribution in [0.25, 0.3) is 0 Å². The van der Waals surface area contributed by atoms with Gasteiger partial charge in [0.1, 0.15) is 4.90 Å². The number of unbranched alkanes of at least 4 members (excludes halogenated alkanes) is 9. The first-order chi connectivity index (χ1) is 13.1. The summed E-state index contributed by atoms with van der Waals surface area (Å²) in [4.78, 5) is -3.47. The first-order valence-corrected chi connectivity index (χ1v) is 12.1. The van der Waals surface area contributed by atoms with Crippen molar-refractivity contribution in [1.82, 2.24) is 0 Å². The van der Waals surface area contributed by atoms with Gasteiger partial charge in [0.05, 0.1) is 10.8 Å². The number of halogens is 4. The largest absolute Gasteiger partial charge is 0.300 e. The van der Waals surface area contributed by atoms with Crippen molar-refractivity contribution in [3.8, 4) is 0 Å². The summed E-state index contributed by atoms with van der Waals surface area (Å²) in [6, 6.07) is 0. The van der Waals surface area contributed by atoms with Crippen LogP contribution in [0, 0.1) is 23.3 Å². The SMILES string of the molecule is CCCCCCCCCCCCS(=O)c1c(F)c(F)c(S(=O)(=O)O)c(F)c1F. The molecule has 4 nitrogen and oxygen atoms in total. The van der Waals surface area contributed by atoms with Gasteiger partial charge in [0, 0.05) is 5.75 Å². The van der Waals surface area contributed by atoms with Crippen molar-refractivity contribution in [2.45, 2.75) is 80.9 Å². The van der Waals surface area contributed by atoms with Crippen molar-refractivity contribution in [2.75, 3.05) is 5.75 Å². The Morgan fingerprint density at radius 2 is 1.14 bits per heavy atom. The van der Waals surface area contributed by atoms with Crippen molar-refractivity contribution in [3.63, 3.8) is 0 Å². The topological polar surface area (TPSA) is 71.4 Å². The van der Waals surface area contributed by atoms with E-state index < -0.39 is 54.0 Å². The number of hydrogen-bond donors (Lipinski definition) is 1. The molecule has 0 heterocycles. The molecular formula is C18H26F4O4S2. The van der Waals surface area contributed by atoms with Crippen LogP contribution in [0.5, 0.6) is 0 Å². The minimum atomic E-state index is -5.52. The lowest BCUT2D eigenvalue weighted by Gasteiger charge is -2.10. The van der Waals surface area contributed by atoms with Gasteiger partial charge in [-0.05, 0) is 6.42 Å². The molecule has 28 heavy (non-hydrogen) atoms. The molecule has 1 N–H and O–H groups in total. The van der Waals surface area contributed by atoms with Crippen molar-refractivity contribution in [3.05, 3.63) is 23.3 Å². The molecule has 0 saturated carbocycles. The molecule has 0 aliphatic carbocycles. The summed E-state index contributed by atoms with van der Waals surface area (Å²) in [6.45, 7) is 2.15. The summed E-state index contributed by atoms with van der Waals surface area (Å²) in [5, 5.41) is 0. The number of rotatable bonds is 13. The van der Waals surface area contributed by atoms with Crippen LogP contribution in [0.2, 0.25) is 0 Å². The fourth-order valence-electron chi connectivity index (χ4n) is 2.84. The molecule has 162 valence electrons. The zero-order valence-corrected chi connectivity index (χ0v) is 17.4. The minimum absolute atomic E-state index is 0.214. The predicted octanol–water partition coefficient (Wildman–Crippen LogP) is 5.52. The summed E-state index contributed by atoms with van der Waals surface area (Å²) in [5.74, 6) is -8.93. The average Bonchev–Trinajstić information content (AvgIpc) is 2.61. The molecular weight excluding hydrogens is 420 g/mol. The lowest BCUT2D eigenvalue weighted by atomic mass is 10.1. The summed E-state index contributed by atoms with van der Waals surface area (Å²) in [5.41, 5.74) is 0. The maximum absolute atomic E-state index is 13.9. The van der Waals surface area contributed by atoms with Gasteiger partial charge in [-0.3, -0.25) is 8.76 Å². The molecule has 0 aliphatic heterocycles. The van der Waals surface area contributed by atoms with Crippen molar-refractivity contribution < 1.29 is 34.7 Å². The molecule has 0 aromatic heterocycles. The Labute approximate surface area is 165 Å². The Morgan fingerprint density at radius 1 is 0.750 bits per heavy atom. The van der Waals surface area contributed by atoms with Crippen molar-refractivity contribution in [2.24, 2.45) is 0 Å². The van der Waals surface area contributed by atoms with Crippen LogP contribution in [-0.4, -0.2) is 22.9 Å². The Hall–Kier alpha value is -1.00. The second-order valence-corrected chi connectivity index (χ2v) is 9.49. The zero-order chi connectivity index (χ0) is 21.3. The molecule has 1 atom stereocenters. The van der Waals surface area contributed by atoms with E-state index >= 15 is 0 Å². The van der Waals surface area contributed by atoms with Gasteiger partial charge in [0.15, 0.2) is 28.2 Å². The van der Waals surface area contributed by atoms with E-state index in [1.807, 2.05) is 0 Å². The quantitative estimate of drug-likeness (QED) is 0.187. The molecule has 0 radical (unpaired) electrons. The lowest BCUT2D eigenvalue weighted by molar-refractivity contribution is 0.382. The van der Waals surface area contributed by atoms with Gasteiger partial charge in [-0.1, -0.05) is 64.7 Å². The van der Waals surface area contributed by atoms with E-state index in [0.29, 0.717) is 12.8 Å². The molecule has 1 rings (SSSR count). The van der Waals surface area contributed by atoms with Crippen molar-refractivity contribution >= 4 is 20.9 Å².